The Hall–Kier alpha value is -2.14. The van der Waals surface area contributed by atoms with Crippen LogP contribution in [-0.2, 0) is 12.1 Å². The van der Waals surface area contributed by atoms with Crippen LogP contribution in [0.15, 0.2) is 35.1 Å². The molecule has 118 valence electrons. The molecular formula is C17H22N2O3. The van der Waals surface area contributed by atoms with E-state index in [1.807, 2.05) is 38.1 Å². The highest BCUT2D eigenvalue weighted by Gasteiger charge is 2.23. The predicted octanol–water partition coefficient (Wildman–Crippen LogP) is 2.56. The van der Waals surface area contributed by atoms with E-state index in [-0.39, 0.29) is 5.56 Å². The maximum absolute atomic E-state index is 12.4. The molecule has 0 saturated heterocycles. The lowest BCUT2D eigenvalue weighted by atomic mass is 9.98. The van der Waals surface area contributed by atoms with Gasteiger partial charge < -0.3 is 9.84 Å². The van der Waals surface area contributed by atoms with Crippen LogP contribution in [-0.4, -0.2) is 21.5 Å². The number of ether oxygens (including phenoxy) is 1. The third-order valence-electron chi connectivity index (χ3n) is 3.40. The van der Waals surface area contributed by atoms with Gasteiger partial charge in [0.05, 0.1) is 23.5 Å². The molecule has 22 heavy (non-hydrogen) atoms. The van der Waals surface area contributed by atoms with Crippen LogP contribution in [0, 0.1) is 0 Å². The molecule has 2 aromatic rings. The van der Waals surface area contributed by atoms with Crippen LogP contribution in [0.1, 0.15) is 33.3 Å². The van der Waals surface area contributed by atoms with Crippen molar-refractivity contribution in [3.8, 4) is 17.0 Å². The first kappa shape index (κ1) is 16.2. The molecule has 2 rings (SSSR count). The molecule has 0 aliphatic heterocycles. The zero-order valence-corrected chi connectivity index (χ0v) is 13.5. The van der Waals surface area contributed by atoms with Gasteiger partial charge in [0.25, 0.3) is 5.56 Å². The van der Waals surface area contributed by atoms with Gasteiger partial charge in [0.1, 0.15) is 5.75 Å². The molecule has 0 radical (unpaired) electrons. The molecule has 0 atom stereocenters. The van der Waals surface area contributed by atoms with E-state index >= 15 is 0 Å². The van der Waals surface area contributed by atoms with Crippen molar-refractivity contribution >= 4 is 0 Å². The van der Waals surface area contributed by atoms with Crippen LogP contribution < -0.4 is 10.3 Å². The van der Waals surface area contributed by atoms with E-state index in [0.29, 0.717) is 30.2 Å². The first-order valence-electron chi connectivity index (χ1n) is 7.45. The number of aromatic nitrogens is 2. The summed E-state index contributed by atoms with van der Waals surface area (Å²) in [6.07, 6.45) is 0. The average Bonchev–Trinajstić information content (AvgIpc) is 2.47. The summed E-state index contributed by atoms with van der Waals surface area (Å²) in [5, 5.41) is 14.7. The molecule has 5 heteroatoms. The van der Waals surface area contributed by atoms with E-state index in [1.54, 1.807) is 19.9 Å². The van der Waals surface area contributed by atoms with Gasteiger partial charge in [-0.1, -0.05) is 12.1 Å². The molecule has 1 N–H and O–H groups in total. The van der Waals surface area contributed by atoms with Gasteiger partial charge >= 0.3 is 0 Å². The monoisotopic (exact) mass is 302 g/mol. The first-order chi connectivity index (χ1) is 10.4. The van der Waals surface area contributed by atoms with Crippen molar-refractivity contribution in [3.05, 3.63) is 46.2 Å². The van der Waals surface area contributed by atoms with Gasteiger partial charge in [0, 0.05) is 12.1 Å². The molecule has 0 spiro atoms. The molecule has 0 fully saturated rings. The third kappa shape index (κ3) is 3.20. The van der Waals surface area contributed by atoms with Crippen molar-refractivity contribution in [3.63, 3.8) is 0 Å². The molecule has 5 nitrogen and oxygen atoms in total. The zero-order chi connectivity index (χ0) is 16.3. The summed E-state index contributed by atoms with van der Waals surface area (Å²) >= 11 is 0. The molecular weight excluding hydrogens is 280 g/mol. The van der Waals surface area contributed by atoms with E-state index in [1.165, 1.54) is 4.68 Å². The molecule has 1 aromatic carbocycles. The minimum Gasteiger partial charge on any atom is -0.493 e. The van der Waals surface area contributed by atoms with Crippen LogP contribution in [0.5, 0.6) is 5.75 Å². The Kier molecular flexibility index (Phi) is 4.66. The number of hydrogen-bond acceptors (Lipinski definition) is 4. The van der Waals surface area contributed by atoms with Gasteiger partial charge in [-0.15, -0.1) is 0 Å². The van der Waals surface area contributed by atoms with Crippen molar-refractivity contribution in [2.75, 3.05) is 6.61 Å². The number of nitrogens with zero attached hydrogens (tertiary/aromatic N) is 2. The number of benzene rings is 1. The van der Waals surface area contributed by atoms with Gasteiger partial charge in [0.2, 0.25) is 0 Å². The highest BCUT2D eigenvalue weighted by Crippen LogP contribution is 2.29. The fourth-order valence-electron chi connectivity index (χ4n) is 2.29. The van der Waals surface area contributed by atoms with Gasteiger partial charge in [-0.05, 0) is 45.9 Å². The zero-order valence-electron chi connectivity index (χ0n) is 13.5. The summed E-state index contributed by atoms with van der Waals surface area (Å²) in [4.78, 5) is 12.4. The number of para-hydroxylation sites is 1. The second-order valence-corrected chi connectivity index (χ2v) is 5.55. The standard InChI is InChI=1S/C17H22N2O3/c1-5-19-16(20)13(17(3,4)21)11-14(18-19)12-9-7-8-10-15(12)22-6-2/h7-11,21H,5-6H2,1-4H3. The fraction of sp³-hybridized carbons (Fsp3) is 0.412. The second kappa shape index (κ2) is 6.32. The van der Waals surface area contributed by atoms with Gasteiger partial charge in [-0.2, -0.15) is 5.10 Å². The first-order valence-corrected chi connectivity index (χ1v) is 7.45. The van der Waals surface area contributed by atoms with Crippen LogP contribution in [0.4, 0.5) is 0 Å². The normalized spacial score (nSPS) is 11.5. The fourth-order valence-corrected chi connectivity index (χ4v) is 2.29. The number of hydrogen-bond donors (Lipinski definition) is 1. The minimum atomic E-state index is -1.23. The van der Waals surface area contributed by atoms with Crippen molar-refractivity contribution in [1.29, 1.82) is 0 Å². The highest BCUT2D eigenvalue weighted by atomic mass is 16.5. The molecule has 0 aliphatic carbocycles. The molecule has 0 saturated carbocycles. The Morgan fingerprint density at radius 2 is 1.95 bits per heavy atom. The van der Waals surface area contributed by atoms with Crippen molar-refractivity contribution in [1.82, 2.24) is 9.78 Å². The van der Waals surface area contributed by atoms with E-state index in [2.05, 4.69) is 5.10 Å². The Bertz CT molecular complexity index is 715. The Morgan fingerprint density at radius 3 is 2.55 bits per heavy atom. The smallest absolute Gasteiger partial charge is 0.272 e. The maximum Gasteiger partial charge on any atom is 0.272 e. The van der Waals surface area contributed by atoms with Gasteiger partial charge in [0.15, 0.2) is 0 Å². The summed E-state index contributed by atoms with van der Waals surface area (Å²) in [7, 11) is 0. The number of aryl methyl sites for hydroxylation is 1. The molecule has 0 aliphatic rings. The number of aliphatic hydroxyl groups is 1. The minimum absolute atomic E-state index is 0.271. The summed E-state index contributed by atoms with van der Waals surface area (Å²) in [6, 6.07) is 9.19. The molecule has 0 bridgehead atoms. The summed E-state index contributed by atoms with van der Waals surface area (Å²) < 4.78 is 7.00. The topological polar surface area (TPSA) is 64.3 Å². The predicted molar refractivity (Wildman–Crippen MR) is 86.0 cm³/mol. The van der Waals surface area contributed by atoms with E-state index < -0.39 is 5.60 Å². The van der Waals surface area contributed by atoms with E-state index in [0.717, 1.165) is 5.56 Å². The van der Waals surface area contributed by atoms with Crippen LogP contribution >= 0.6 is 0 Å². The van der Waals surface area contributed by atoms with Gasteiger partial charge in [-0.25, -0.2) is 4.68 Å². The average molecular weight is 302 g/mol. The lowest BCUT2D eigenvalue weighted by Crippen LogP contribution is -2.33. The van der Waals surface area contributed by atoms with Crippen LogP contribution in [0.2, 0.25) is 0 Å². The quantitative estimate of drug-likeness (QED) is 0.922. The summed E-state index contributed by atoms with van der Waals surface area (Å²) in [5.74, 6) is 0.709. The SMILES string of the molecule is CCOc1ccccc1-c1cc(C(C)(C)O)c(=O)n(CC)n1. The number of rotatable bonds is 5. The Balaban J connectivity index is 2.69. The van der Waals surface area contributed by atoms with Crippen LogP contribution in [0.3, 0.4) is 0 Å². The Morgan fingerprint density at radius 1 is 1.27 bits per heavy atom. The summed E-state index contributed by atoms with van der Waals surface area (Å²) in [5.41, 5.74) is 0.240. The van der Waals surface area contributed by atoms with Crippen molar-refractivity contribution < 1.29 is 9.84 Å². The lowest BCUT2D eigenvalue weighted by Gasteiger charge is -2.19. The largest absolute Gasteiger partial charge is 0.493 e. The van der Waals surface area contributed by atoms with E-state index in [9.17, 15) is 9.90 Å². The lowest BCUT2D eigenvalue weighted by molar-refractivity contribution is 0.0762. The van der Waals surface area contributed by atoms with Crippen LogP contribution in [0.25, 0.3) is 11.3 Å². The molecule has 1 aromatic heterocycles. The third-order valence-corrected chi connectivity index (χ3v) is 3.40. The van der Waals surface area contributed by atoms with Crippen molar-refractivity contribution in [2.24, 2.45) is 0 Å². The Labute approximate surface area is 130 Å². The summed E-state index contributed by atoms with van der Waals surface area (Å²) in [6.45, 7) is 7.94. The highest BCUT2D eigenvalue weighted by molar-refractivity contribution is 5.67. The molecule has 0 unspecified atom stereocenters. The van der Waals surface area contributed by atoms with Crippen molar-refractivity contribution in [2.45, 2.75) is 39.8 Å². The molecule has 0 amide bonds. The maximum atomic E-state index is 12.4. The van der Waals surface area contributed by atoms with E-state index in [4.69, 9.17) is 4.74 Å². The van der Waals surface area contributed by atoms with Gasteiger partial charge in [-0.3, -0.25) is 4.79 Å². The second-order valence-electron chi connectivity index (χ2n) is 5.55. The molecule has 1 heterocycles.